The number of carboxylic acids is 2. The first-order chi connectivity index (χ1) is 23.4. The summed E-state index contributed by atoms with van der Waals surface area (Å²) in [4.78, 5) is 31.0. The average molecular weight is 704 g/mol. The maximum atomic E-state index is 10.6. The molecule has 0 aliphatic carbocycles. The predicted octanol–water partition coefficient (Wildman–Crippen LogP) is 10.3. The summed E-state index contributed by atoms with van der Waals surface area (Å²) < 4.78 is 0. The Bertz CT molecular complexity index is 621. The Kier molecular flexibility index (Phi) is 50.6. The Morgan fingerprint density at radius 2 is 0.714 bits per heavy atom. The fourth-order valence-electron chi connectivity index (χ4n) is 6.18. The molecule has 0 aromatic rings. The van der Waals surface area contributed by atoms with E-state index in [0.717, 1.165) is 51.5 Å². The van der Waals surface area contributed by atoms with Crippen LogP contribution in [0.1, 0.15) is 245 Å². The molecule has 1 rings (SSSR count). The molecule has 0 saturated carbocycles. The second-order valence-electron chi connectivity index (χ2n) is 14.3. The summed E-state index contributed by atoms with van der Waals surface area (Å²) in [6.07, 6.45) is 43.9. The number of unbranched alkanes of at least 4 members (excludes halogenated alkanes) is 28. The molecule has 0 radical (unpaired) electrons. The zero-order chi connectivity index (χ0) is 35.6. The van der Waals surface area contributed by atoms with Crippen molar-refractivity contribution in [3.63, 3.8) is 0 Å². The van der Waals surface area contributed by atoms with Gasteiger partial charge in [0.2, 0.25) is 5.91 Å². The second kappa shape index (κ2) is 47.2. The van der Waals surface area contributed by atoms with Crippen molar-refractivity contribution in [1.29, 1.82) is 0 Å². The van der Waals surface area contributed by atoms with Gasteiger partial charge in [-0.15, -0.1) is 0 Å². The van der Waals surface area contributed by atoms with Crippen molar-refractivity contribution in [1.82, 2.24) is 5.32 Å². The molecule has 0 bridgehead atoms. The van der Waals surface area contributed by atoms with Gasteiger partial charge in [-0.3, -0.25) is 4.79 Å². The molecule has 7 heteroatoms. The van der Waals surface area contributed by atoms with Crippen molar-refractivity contribution in [2.45, 2.75) is 245 Å². The molecule has 1 saturated heterocycles. The van der Waals surface area contributed by atoms with Crippen LogP contribution < -0.4 is 15.5 Å². The topological polar surface area (TPSA) is 109 Å². The van der Waals surface area contributed by atoms with Gasteiger partial charge in [0.1, 0.15) is 0 Å². The van der Waals surface area contributed by atoms with Crippen LogP contribution in [-0.4, -0.2) is 47.4 Å². The van der Waals surface area contributed by atoms with E-state index in [2.05, 4.69) is 19.2 Å². The summed E-state index contributed by atoms with van der Waals surface area (Å²) in [7, 11) is 0. The van der Waals surface area contributed by atoms with Gasteiger partial charge in [-0.1, -0.05) is 200 Å². The van der Waals surface area contributed by atoms with Crippen LogP contribution in [0.5, 0.6) is 0 Å². The van der Waals surface area contributed by atoms with Crippen molar-refractivity contribution in [2.75, 3.05) is 6.54 Å². The standard InChI is InChI=1S/2C18H36O2.C6H11NO.Mg/c2*1-2-3-4-5-6-7-8-9-10-11-12-13-14-15-16-17-18(19)20;8-6-4-2-1-3-5-7-6;/h2*2-17H2,1H3,(H,19,20);1-5H2,(H,7,8);/q;;;+2/p-2. The van der Waals surface area contributed by atoms with Gasteiger partial charge in [0, 0.05) is 24.9 Å². The Morgan fingerprint density at radius 1 is 0.449 bits per heavy atom. The zero-order valence-electron chi connectivity index (χ0n) is 32.9. The van der Waals surface area contributed by atoms with Crippen LogP contribution in [0.15, 0.2) is 0 Å². The molecule has 1 fully saturated rings. The first kappa shape index (κ1) is 52.5. The number of carbonyl (C=O) groups excluding carboxylic acids is 3. The maximum Gasteiger partial charge on any atom is 2.00 e. The van der Waals surface area contributed by atoms with Gasteiger partial charge >= 0.3 is 23.1 Å². The van der Waals surface area contributed by atoms with Crippen LogP contribution in [0.3, 0.4) is 0 Å². The molecule has 286 valence electrons. The van der Waals surface area contributed by atoms with E-state index in [1.807, 2.05) is 0 Å². The number of hydrogen-bond donors (Lipinski definition) is 1. The van der Waals surface area contributed by atoms with E-state index in [1.165, 1.54) is 173 Å². The Hall–Kier alpha value is -0.824. The number of carboxylic acid groups (broad SMARTS) is 2. The second-order valence-corrected chi connectivity index (χ2v) is 14.3. The Labute approximate surface area is 321 Å². The normalized spacial score (nSPS) is 12.4. The number of hydrogen-bond acceptors (Lipinski definition) is 5. The number of amides is 1. The largest absolute Gasteiger partial charge is 2.00 e. The zero-order valence-corrected chi connectivity index (χ0v) is 34.3. The van der Waals surface area contributed by atoms with E-state index in [4.69, 9.17) is 0 Å². The summed E-state index contributed by atoms with van der Waals surface area (Å²) in [5.41, 5.74) is 0. The van der Waals surface area contributed by atoms with E-state index in [0.29, 0.717) is 0 Å². The molecule has 1 N–H and O–H groups in total. The van der Waals surface area contributed by atoms with Crippen LogP contribution >= 0.6 is 0 Å². The van der Waals surface area contributed by atoms with Crippen LogP contribution in [0.2, 0.25) is 0 Å². The summed E-state index contributed by atoms with van der Waals surface area (Å²) in [5, 5.41) is 23.2. The third-order valence-corrected chi connectivity index (χ3v) is 9.37. The first-order valence-corrected chi connectivity index (χ1v) is 21.1. The van der Waals surface area contributed by atoms with Gasteiger partial charge in [0.05, 0.1) is 0 Å². The molecule has 1 aliphatic rings. The number of aliphatic carboxylic acids is 2. The van der Waals surface area contributed by atoms with Gasteiger partial charge < -0.3 is 25.1 Å². The summed E-state index contributed by atoms with van der Waals surface area (Å²) in [6, 6.07) is 0. The van der Waals surface area contributed by atoms with E-state index in [-0.39, 0.29) is 41.8 Å². The van der Waals surface area contributed by atoms with Crippen LogP contribution in [0.4, 0.5) is 0 Å². The third-order valence-electron chi connectivity index (χ3n) is 9.37. The number of nitrogens with one attached hydrogen (secondary N) is 1. The van der Waals surface area contributed by atoms with Crippen LogP contribution in [0, 0.1) is 0 Å². The molecular formula is C42H81MgNO5. The molecule has 0 unspecified atom stereocenters. The van der Waals surface area contributed by atoms with E-state index in [9.17, 15) is 24.6 Å². The summed E-state index contributed by atoms with van der Waals surface area (Å²) in [6.45, 7) is 5.42. The smallest absolute Gasteiger partial charge is 0.550 e. The number of carbonyl (C=O) groups is 3. The fraction of sp³-hybridized carbons (Fsp3) is 0.929. The molecule has 1 amide bonds. The third kappa shape index (κ3) is 54.1. The van der Waals surface area contributed by atoms with Gasteiger partial charge in [-0.05, 0) is 38.5 Å². The van der Waals surface area contributed by atoms with Crippen molar-refractivity contribution >= 4 is 40.9 Å². The minimum atomic E-state index is -0.903. The minimum absolute atomic E-state index is 0. The molecule has 1 heterocycles. The summed E-state index contributed by atoms with van der Waals surface area (Å²) >= 11 is 0. The van der Waals surface area contributed by atoms with Gasteiger partial charge in [-0.2, -0.15) is 0 Å². The fourth-order valence-corrected chi connectivity index (χ4v) is 6.18. The monoisotopic (exact) mass is 704 g/mol. The van der Waals surface area contributed by atoms with Gasteiger partial charge in [0.15, 0.2) is 0 Å². The molecule has 49 heavy (non-hydrogen) atoms. The van der Waals surface area contributed by atoms with E-state index < -0.39 is 11.9 Å². The first-order valence-electron chi connectivity index (χ1n) is 21.1. The maximum absolute atomic E-state index is 10.6. The van der Waals surface area contributed by atoms with Gasteiger partial charge in [-0.25, -0.2) is 0 Å². The molecule has 1 aliphatic heterocycles. The summed E-state index contributed by atoms with van der Waals surface area (Å²) in [5.74, 6) is -1.58. The molecular weight excluding hydrogens is 623 g/mol. The molecule has 6 nitrogen and oxygen atoms in total. The molecule has 0 atom stereocenters. The minimum Gasteiger partial charge on any atom is -0.550 e. The Balaban J connectivity index is -0.000000693. The van der Waals surface area contributed by atoms with Crippen molar-refractivity contribution < 1.29 is 24.6 Å². The SMILES string of the molecule is CCCCCCCCCCCCCCCCCC(=O)[O-].CCCCCCCCCCCCCCCCCC(=O)[O-].O=C1CCCCCN1.[Mg+2]. The van der Waals surface area contributed by atoms with Crippen molar-refractivity contribution in [2.24, 2.45) is 0 Å². The van der Waals surface area contributed by atoms with Crippen LogP contribution in [-0.2, 0) is 14.4 Å². The number of rotatable bonds is 32. The molecule has 0 aromatic carbocycles. The van der Waals surface area contributed by atoms with E-state index in [1.54, 1.807) is 0 Å². The quantitative estimate of drug-likeness (QED) is 0.0554. The van der Waals surface area contributed by atoms with Gasteiger partial charge in [0.25, 0.3) is 0 Å². The van der Waals surface area contributed by atoms with Crippen molar-refractivity contribution in [3.05, 3.63) is 0 Å². The molecule has 0 aromatic heterocycles. The van der Waals surface area contributed by atoms with Crippen molar-refractivity contribution in [3.8, 4) is 0 Å². The van der Waals surface area contributed by atoms with E-state index >= 15 is 0 Å². The predicted molar refractivity (Wildman–Crippen MR) is 206 cm³/mol. The van der Waals surface area contributed by atoms with Crippen LogP contribution in [0.25, 0.3) is 0 Å². The Morgan fingerprint density at radius 3 is 0.980 bits per heavy atom. The average Bonchev–Trinajstić information content (AvgIpc) is 3.32. The molecule has 0 spiro atoms.